The molecule has 0 aromatic heterocycles. The molecule has 2 unspecified atom stereocenters. The van der Waals surface area contributed by atoms with Crippen LogP contribution < -0.4 is 9.47 Å². The van der Waals surface area contributed by atoms with Crippen molar-refractivity contribution in [1.82, 2.24) is 4.90 Å². The van der Waals surface area contributed by atoms with Gasteiger partial charge >= 0.3 is 5.97 Å². The maximum absolute atomic E-state index is 12.2. The number of methoxy groups -OCH3 is 2. The Kier molecular flexibility index (Phi) is 6.33. The third-order valence-electron chi connectivity index (χ3n) is 6.24. The van der Waals surface area contributed by atoms with Gasteiger partial charge in [0.2, 0.25) is 0 Å². The van der Waals surface area contributed by atoms with Crippen molar-refractivity contribution in [3.05, 3.63) is 35.6 Å². The SMILES string of the molecule is COc1ccc(C23CCC(OC(=O)CCC(C)C)=CC2N(C)CC3)cc1OC. The number of hydrogen-bond donors (Lipinski definition) is 0. The summed E-state index contributed by atoms with van der Waals surface area (Å²) in [4.78, 5) is 14.5. The minimum atomic E-state index is -0.112. The molecule has 28 heavy (non-hydrogen) atoms. The van der Waals surface area contributed by atoms with Crippen LogP contribution >= 0.6 is 0 Å². The van der Waals surface area contributed by atoms with Gasteiger partial charge in [0.1, 0.15) is 5.76 Å². The monoisotopic (exact) mass is 387 g/mol. The lowest BCUT2D eigenvalue weighted by Gasteiger charge is -2.40. The van der Waals surface area contributed by atoms with E-state index in [0.29, 0.717) is 12.3 Å². The summed E-state index contributed by atoms with van der Waals surface area (Å²) >= 11 is 0. The van der Waals surface area contributed by atoms with Gasteiger partial charge in [0.15, 0.2) is 11.5 Å². The summed E-state index contributed by atoms with van der Waals surface area (Å²) < 4.78 is 16.7. The fraction of sp³-hybridized carbons (Fsp3) is 0.609. The van der Waals surface area contributed by atoms with Gasteiger partial charge in [-0.05, 0) is 62.5 Å². The van der Waals surface area contributed by atoms with Crippen LogP contribution in [0.1, 0.15) is 51.5 Å². The number of carbonyl (C=O) groups excluding carboxylic acids is 1. The molecular formula is C23H33NO4. The van der Waals surface area contributed by atoms with Gasteiger partial charge in [0.05, 0.1) is 14.2 Å². The summed E-state index contributed by atoms with van der Waals surface area (Å²) in [6, 6.07) is 6.47. The second-order valence-corrected chi connectivity index (χ2v) is 8.44. The lowest BCUT2D eigenvalue weighted by atomic mass is 9.68. The Labute approximate surface area is 168 Å². The second kappa shape index (κ2) is 8.56. The zero-order valence-electron chi connectivity index (χ0n) is 17.8. The first kappa shape index (κ1) is 20.7. The van der Waals surface area contributed by atoms with Crippen molar-refractivity contribution in [3.8, 4) is 11.5 Å². The molecule has 0 saturated carbocycles. The van der Waals surface area contributed by atoms with Crippen molar-refractivity contribution >= 4 is 5.97 Å². The second-order valence-electron chi connectivity index (χ2n) is 8.44. The van der Waals surface area contributed by atoms with Gasteiger partial charge < -0.3 is 14.2 Å². The maximum atomic E-state index is 12.2. The van der Waals surface area contributed by atoms with Crippen LogP contribution in [0.25, 0.3) is 0 Å². The Balaban J connectivity index is 1.83. The Morgan fingerprint density at radius 1 is 1.21 bits per heavy atom. The van der Waals surface area contributed by atoms with Gasteiger partial charge in [-0.3, -0.25) is 9.69 Å². The molecule has 1 saturated heterocycles. The Morgan fingerprint density at radius 2 is 1.96 bits per heavy atom. The predicted molar refractivity (Wildman–Crippen MR) is 110 cm³/mol. The van der Waals surface area contributed by atoms with Crippen molar-refractivity contribution in [2.75, 3.05) is 27.8 Å². The van der Waals surface area contributed by atoms with Crippen LogP contribution in [-0.4, -0.2) is 44.7 Å². The molecule has 0 bridgehead atoms. The first-order valence-corrected chi connectivity index (χ1v) is 10.2. The lowest BCUT2D eigenvalue weighted by molar-refractivity contribution is -0.140. The van der Waals surface area contributed by atoms with Crippen molar-refractivity contribution in [3.63, 3.8) is 0 Å². The highest BCUT2D eigenvalue weighted by Gasteiger charge is 2.48. The number of likely N-dealkylation sites (N-methyl/N-ethyl adjacent to an activating group) is 1. The average molecular weight is 388 g/mol. The Hall–Kier alpha value is -2.01. The van der Waals surface area contributed by atoms with E-state index in [-0.39, 0.29) is 17.4 Å². The molecule has 1 aromatic rings. The van der Waals surface area contributed by atoms with Crippen LogP contribution in [0.15, 0.2) is 30.0 Å². The normalized spacial score (nSPS) is 24.6. The first-order chi connectivity index (χ1) is 13.4. The van der Waals surface area contributed by atoms with Crippen molar-refractivity contribution in [1.29, 1.82) is 0 Å². The third-order valence-corrected chi connectivity index (χ3v) is 6.24. The zero-order valence-corrected chi connectivity index (χ0v) is 17.8. The molecule has 1 aliphatic heterocycles. The van der Waals surface area contributed by atoms with Gasteiger partial charge in [-0.15, -0.1) is 0 Å². The van der Waals surface area contributed by atoms with E-state index in [1.54, 1.807) is 14.2 Å². The van der Waals surface area contributed by atoms with Crippen molar-refractivity contribution in [2.24, 2.45) is 5.92 Å². The molecule has 1 fully saturated rings. The Bertz CT molecular complexity index is 742. The summed E-state index contributed by atoms with van der Waals surface area (Å²) in [6.07, 6.45) is 6.34. The van der Waals surface area contributed by atoms with E-state index in [0.717, 1.165) is 49.5 Å². The van der Waals surface area contributed by atoms with E-state index in [1.165, 1.54) is 5.56 Å². The van der Waals surface area contributed by atoms with E-state index in [4.69, 9.17) is 14.2 Å². The van der Waals surface area contributed by atoms with E-state index < -0.39 is 0 Å². The summed E-state index contributed by atoms with van der Waals surface area (Å²) in [7, 11) is 5.48. The molecular weight excluding hydrogens is 354 g/mol. The number of nitrogens with zero attached hydrogens (tertiary/aromatic N) is 1. The van der Waals surface area contributed by atoms with E-state index >= 15 is 0 Å². The molecule has 5 heteroatoms. The molecule has 3 rings (SSSR count). The Morgan fingerprint density at radius 3 is 2.64 bits per heavy atom. The third kappa shape index (κ3) is 4.04. The lowest BCUT2D eigenvalue weighted by Crippen LogP contribution is -2.42. The molecule has 154 valence electrons. The molecule has 1 aliphatic carbocycles. The summed E-state index contributed by atoms with van der Waals surface area (Å²) in [5, 5.41) is 0. The van der Waals surface area contributed by atoms with E-state index in [2.05, 4.69) is 44.0 Å². The number of hydrogen-bond acceptors (Lipinski definition) is 5. The number of ether oxygens (including phenoxy) is 3. The number of benzene rings is 1. The minimum absolute atomic E-state index is 0.0160. The zero-order chi connectivity index (χ0) is 20.3. The topological polar surface area (TPSA) is 48.0 Å². The van der Waals surface area contributed by atoms with Crippen molar-refractivity contribution in [2.45, 2.75) is 57.4 Å². The highest BCUT2D eigenvalue weighted by Crippen LogP contribution is 2.49. The first-order valence-electron chi connectivity index (χ1n) is 10.2. The summed E-state index contributed by atoms with van der Waals surface area (Å²) in [6.45, 7) is 5.26. The van der Waals surface area contributed by atoms with Gasteiger partial charge in [-0.25, -0.2) is 0 Å². The van der Waals surface area contributed by atoms with E-state index in [9.17, 15) is 4.79 Å². The number of fused-ring (bicyclic) bond motifs is 1. The molecule has 0 radical (unpaired) electrons. The fourth-order valence-corrected chi connectivity index (χ4v) is 4.54. The standard InChI is InChI=1S/C23H33NO4/c1-16(2)6-9-22(25)28-18-10-11-23(12-13-24(3)21(23)15-18)17-7-8-19(26-4)20(14-17)27-5/h7-8,14-16,21H,6,9-13H2,1-5H3. The number of esters is 1. The maximum Gasteiger partial charge on any atom is 0.310 e. The average Bonchev–Trinajstić information content (AvgIpc) is 3.03. The van der Waals surface area contributed by atoms with Crippen molar-refractivity contribution < 1.29 is 19.0 Å². The molecule has 1 heterocycles. The fourth-order valence-electron chi connectivity index (χ4n) is 4.54. The van der Waals surface area contributed by atoms with Crippen LogP contribution in [0.3, 0.4) is 0 Å². The van der Waals surface area contributed by atoms with Crippen LogP contribution in [0.4, 0.5) is 0 Å². The van der Waals surface area contributed by atoms with Gasteiger partial charge in [0, 0.05) is 24.3 Å². The highest BCUT2D eigenvalue weighted by atomic mass is 16.5. The predicted octanol–water partition coefficient (Wildman–Crippen LogP) is 4.30. The molecule has 2 aliphatic rings. The van der Waals surface area contributed by atoms with E-state index in [1.807, 2.05) is 6.07 Å². The molecule has 0 N–H and O–H groups in total. The minimum Gasteiger partial charge on any atom is -0.493 e. The highest BCUT2D eigenvalue weighted by molar-refractivity contribution is 5.70. The van der Waals surface area contributed by atoms with Gasteiger partial charge in [-0.1, -0.05) is 19.9 Å². The largest absolute Gasteiger partial charge is 0.493 e. The van der Waals surface area contributed by atoms with Crippen LogP contribution in [0, 0.1) is 5.92 Å². The summed E-state index contributed by atoms with van der Waals surface area (Å²) in [5.41, 5.74) is 1.28. The van der Waals surface area contributed by atoms with Crippen LogP contribution in [-0.2, 0) is 14.9 Å². The molecule has 0 amide bonds. The number of rotatable bonds is 7. The molecule has 2 atom stereocenters. The number of allylic oxidation sites excluding steroid dienone is 1. The van der Waals surface area contributed by atoms with Gasteiger partial charge in [0.25, 0.3) is 0 Å². The summed E-state index contributed by atoms with van der Waals surface area (Å²) in [5.74, 6) is 2.73. The molecule has 1 aromatic carbocycles. The van der Waals surface area contributed by atoms with Crippen LogP contribution in [0.2, 0.25) is 0 Å². The number of likely N-dealkylation sites (tertiary alicyclic amines) is 1. The number of carbonyl (C=O) groups is 1. The molecule has 0 spiro atoms. The molecule has 5 nitrogen and oxygen atoms in total. The van der Waals surface area contributed by atoms with Gasteiger partial charge in [-0.2, -0.15) is 0 Å². The smallest absolute Gasteiger partial charge is 0.310 e. The quantitative estimate of drug-likeness (QED) is 0.653. The van der Waals surface area contributed by atoms with Crippen LogP contribution in [0.5, 0.6) is 11.5 Å².